The van der Waals surface area contributed by atoms with Gasteiger partial charge in [-0.25, -0.2) is 12.8 Å². The number of amides is 2. The van der Waals surface area contributed by atoms with Crippen molar-refractivity contribution in [3.05, 3.63) is 35.6 Å². The molecule has 2 rings (SSSR count). The smallest absolute Gasteiger partial charge is 0.238 e. The Labute approximate surface area is 201 Å². The summed E-state index contributed by atoms with van der Waals surface area (Å²) in [5.74, 6) is -0.368. The number of piperidine rings is 1. The summed E-state index contributed by atoms with van der Waals surface area (Å²) in [6.45, 7) is 5.02. The van der Waals surface area contributed by atoms with E-state index in [9.17, 15) is 22.4 Å². The minimum absolute atomic E-state index is 0.000332. The highest BCUT2D eigenvalue weighted by molar-refractivity contribution is 7.89. The van der Waals surface area contributed by atoms with Gasteiger partial charge in [-0.3, -0.25) is 9.59 Å². The van der Waals surface area contributed by atoms with Gasteiger partial charge in [-0.05, 0) is 43.4 Å². The summed E-state index contributed by atoms with van der Waals surface area (Å²) in [5.41, 5.74) is 0.767. The van der Waals surface area contributed by atoms with E-state index in [1.807, 2.05) is 6.92 Å². The summed E-state index contributed by atoms with van der Waals surface area (Å²) < 4.78 is 40.0. The minimum atomic E-state index is -3.53. The Kier molecular flexibility index (Phi) is 11.1. The third kappa shape index (κ3) is 8.22. The number of likely N-dealkylation sites (tertiary alicyclic amines) is 1. The van der Waals surface area contributed by atoms with Crippen molar-refractivity contribution < 1.29 is 22.4 Å². The van der Waals surface area contributed by atoms with E-state index in [-0.39, 0.29) is 61.4 Å². The maximum Gasteiger partial charge on any atom is 0.238 e. The Morgan fingerprint density at radius 1 is 1.12 bits per heavy atom. The first kappa shape index (κ1) is 27.5. The molecule has 1 aliphatic heterocycles. The number of alkyl halides is 1. The van der Waals surface area contributed by atoms with Gasteiger partial charge in [0.1, 0.15) is 5.82 Å². The molecule has 1 aromatic carbocycles. The number of benzene rings is 1. The first-order chi connectivity index (χ1) is 15.7. The molecule has 0 aromatic heterocycles. The van der Waals surface area contributed by atoms with E-state index in [0.717, 1.165) is 5.56 Å². The fourth-order valence-corrected chi connectivity index (χ4v) is 5.77. The van der Waals surface area contributed by atoms with E-state index in [4.69, 9.17) is 11.6 Å². The number of carbonyl (C=O) groups excluding carboxylic acids is 2. The molecular weight excluding hydrogens is 469 g/mol. The molecule has 0 N–H and O–H groups in total. The highest BCUT2D eigenvalue weighted by Crippen LogP contribution is 2.21. The number of rotatable bonds is 12. The van der Waals surface area contributed by atoms with E-state index in [2.05, 4.69) is 0 Å². The van der Waals surface area contributed by atoms with Crippen LogP contribution >= 0.6 is 11.6 Å². The van der Waals surface area contributed by atoms with E-state index < -0.39 is 10.0 Å². The molecule has 7 nitrogen and oxygen atoms in total. The van der Waals surface area contributed by atoms with Crippen molar-refractivity contribution >= 4 is 33.4 Å². The molecule has 33 heavy (non-hydrogen) atoms. The van der Waals surface area contributed by atoms with Gasteiger partial charge in [0, 0.05) is 44.5 Å². The molecule has 1 heterocycles. The molecule has 1 saturated heterocycles. The fourth-order valence-electron chi connectivity index (χ4n) is 4.07. The van der Waals surface area contributed by atoms with Gasteiger partial charge >= 0.3 is 0 Å². The highest BCUT2D eigenvalue weighted by Gasteiger charge is 2.32. The van der Waals surface area contributed by atoms with Crippen LogP contribution in [0.2, 0.25) is 0 Å². The SMILES string of the molecule is CCCN(CC(=O)N(Cc1ccc(F)cc1)C1CCN(C(=O)CCCl)CC1)S(=O)(=O)CCC. The third-order valence-electron chi connectivity index (χ3n) is 5.79. The first-order valence-electron chi connectivity index (χ1n) is 11.6. The summed E-state index contributed by atoms with van der Waals surface area (Å²) in [5, 5.41) is 0. The van der Waals surface area contributed by atoms with Crippen molar-refractivity contribution in [3.8, 4) is 0 Å². The molecule has 0 atom stereocenters. The van der Waals surface area contributed by atoms with E-state index in [1.54, 1.807) is 28.9 Å². The van der Waals surface area contributed by atoms with Crippen molar-refractivity contribution in [3.63, 3.8) is 0 Å². The number of carbonyl (C=O) groups is 2. The second-order valence-corrected chi connectivity index (χ2v) is 10.8. The molecule has 2 amide bonds. The zero-order valence-corrected chi connectivity index (χ0v) is 21.1. The van der Waals surface area contributed by atoms with Crippen LogP contribution in [0.15, 0.2) is 24.3 Å². The summed E-state index contributed by atoms with van der Waals surface area (Å²) in [6.07, 6.45) is 2.55. The molecule has 0 unspecified atom stereocenters. The normalized spacial score (nSPS) is 15.1. The third-order valence-corrected chi connectivity index (χ3v) is 8.00. The van der Waals surface area contributed by atoms with Crippen molar-refractivity contribution in [1.29, 1.82) is 0 Å². The van der Waals surface area contributed by atoms with Gasteiger partial charge in [0.25, 0.3) is 0 Å². The lowest BCUT2D eigenvalue weighted by atomic mass is 10.0. The Balaban J connectivity index is 2.20. The topological polar surface area (TPSA) is 78.0 Å². The monoisotopic (exact) mass is 503 g/mol. The molecular formula is C23H35ClFN3O4S. The second-order valence-electron chi connectivity index (χ2n) is 8.35. The molecule has 1 fully saturated rings. The number of hydrogen-bond donors (Lipinski definition) is 0. The molecule has 10 heteroatoms. The average molecular weight is 504 g/mol. The van der Waals surface area contributed by atoms with Crippen LogP contribution in [0.5, 0.6) is 0 Å². The second kappa shape index (κ2) is 13.2. The van der Waals surface area contributed by atoms with Crippen molar-refractivity contribution in [2.24, 2.45) is 0 Å². The molecule has 0 spiro atoms. The fraction of sp³-hybridized carbons (Fsp3) is 0.652. The van der Waals surface area contributed by atoms with Crippen LogP contribution in [0.1, 0.15) is 51.5 Å². The molecule has 1 aliphatic rings. The van der Waals surface area contributed by atoms with E-state index in [1.165, 1.54) is 16.4 Å². The standard InChI is InChI=1S/C23H35ClFN3O4S/c1-3-13-27(33(31,32)16-4-2)18-23(30)28(17-19-5-7-20(25)8-6-19)21-10-14-26(15-11-21)22(29)9-12-24/h5-8,21H,3-4,9-18H2,1-2H3. The Bertz CT molecular complexity index is 874. The molecule has 0 bridgehead atoms. The number of halogens is 2. The maximum absolute atomic E-state index is 13.4. The quantitative estimate of drug-likeness (QED) is 0.410. The lowest BCUT2D eigenvalue weighted by Gasteiger charge is -2.39. The molecule has 0 saturated carbocycles. The minimum Gasteiger partial charge on any atom is -0.343 e. The summed E-state index contributed by atoms with van der Waals surface area (Å²) >= 11 is 5.69. The number of hydrogen-bond acceptors (Lipinski definition) is 4. The molecule has 0 aliphatic carbocycles. The van der Waals surface area contributed by atoms with Crippen molar-refractivity contribution in [2.45, 2.75) is 58.5 Å². The molecule has 0 radical (unpaired) electrons. The lowest BCUT2D eigenvalue weighted by Crippen LogP contribution is -2.51. The van der Waals surface area contributed by atoms with Crippen LogP contribution in [-0.2, 0) is 26.2 Å². The van der Waals surface area contributed by atoms with Gasteiger partial charge in [0.2, 0.25) is 21.8 Å². The zero-order valence-electron chi connectivity index (χ0n) is 19.5. The van der Waals surface area contributed by atoms with E-state index in [0.29, 0.717) is 38.8 Å². The van der Waals surface area contributed by atoms with Gasteiger partial charge in [-0.1, -0.05) is 26.0 Å². The van der Waals surface area contributed by atoms with Gasteiger partial charge in [0.15, 0.2) is 0 Å². The van der Waals surface area contributed by atoms with Crippen LogP contribution in [0.3, 0.4) is 0 Å². The van der Waals surface area contributed by atoms with Crippen LogP contribution in [0, 0.1) is 5.82 Å². The maximum atomic E-state index is 13.4. The van der Waals surface area contributed by atoms with E-state index >= 15 is 0 Å². The lowest BCUT2D eigenvalue weighted by molar-refractivity contribution is -0.137. The Hall–Kier alpha value is -1.71. The largest absolute Gasteiger partial charge is 0.343 e. The predicted molar refractivity (Wildman–Crippen MR) is 128 cm³/mol. The van der Waals surface area contributed by atoms with Crippen LogP contribution in [0.25, 0.3) is 0 Å². The van der Waals surface area contributed by atoms with Crippen molar-refractivity contribution in [2.75, 3.05) is 37.8 Å². The van der Waals surface area contributed by atoms with Crippen LogP contribution < -0.4 is 0 Å². The first-order valence-corrected chi connectivity index (χ1v) is 13.7. The summed E-state index contributed by atoms with van der Waals surface area (Å²) in [7, 11) is -3.53. The molecule has 186 valence electrons. The van der Waals surface area contributed by atoms with Crippen LogP contribution in [0.4, 0.5) is 4.39 Å². The Morgan fingerprint density at radius 3 is 2.30 bits per heavy atom. The predicted octanol–water partition coefficient (Wildman–Crippen LogP) is 3.23. The van der Waals surface area contributed by atoms with Gasteiger partial charge in [-0.2, -0.15) is 4.31 Å². The number of nitrogens with zero attached hydrogens (tertiary/aromatic N) is 3. The zero-order chi connectivity index (χ0) is 24.4. The average Bonchev–Trinajstić information content (AvgIpc) is 2.78. The van der Waals surface area contributed by atoms with Crippen LogP contribution in [-0.4, -0.2) is 78.2 Å². The molecule has 1 aromatic rings. The number of sulfonamides is 1. The van der Waals surface area contributed by atoms with Gasteiger partial charge in [0.05, 0.1) is 12.3 Å². The van der Waals surface area contributed by atoms with Gasteiger partial charge in [-0.15, -0.1) is 11.6 Å². The van der Waals surface area contributed by atoms with Crippen molar-refractivity contribution in [1.82, 2.24) is 14.1 Å². The van der Waals surface area contributed by atoms with Gasteiger partial charge < -0.3 is 9.80 Å². The summed E-state index contributed by atoms with van der Waals surface area (Å²) in [4.78, 5) is 29.0. The highest BCUT2D eigenvalue weighted by atomic mass is 35.5. The Morgan fingerprint density at radius 2 is 1.76 bits per heavy atom. The summed E-state index contributed by atoms with van der Waals surface area (Å²) in [6, 6.07) is 5.82.